The maximum absolute atomic E-state index is 5.25. The molecule has 11 heavy (non-hydrogen) atoms. The fraction of sp³-hybridized carbons (Fsp3) is 0.200. The normalized spacial score (nSPS) is 29.5. The van der Waals surface area contributed by atoms with Crippen LogP contribution in [0.2, 0.25) is 0 Å². The summed E-state index contributed by atoms with van der Waals surface area (Å²) in [6, 6.07) is 0. The number of hydrogen-bond donors (Lipinski definition) is 0. The highest BCUT2D eigenvalue weighted by atomic mass is 16.6. The van der Waals surface area contributed by atoms with Crippen molar-refractivity contribution in [3.63, 3.8) is 0 Å². The highest BCUT2D eigenvalue weighted by Gasteiger charge is 2.33. The number of hydrogen-bond acceptors (Lipinski definition) is 1. The Bertz CT molecular complexity index is 179. The maximum Gasteiger partial charge on any atom is 0.107 e. The highest BCUT2D eigenvalue weighted by molar-refractivity contribution is 5.16. The van der Waals surface area contributed by atoms with Crippen LogP contribution >= 0.6 is 0 Å². The Hall–Kier alpha value is -1.08. The highest BCUT2D eigenvalue weighted by Crippen LogP contribution is 2.24. The van der Waals surface area contributed by atoms with E-state index in [9.17, 15) is 0 Å². The van der Waals surface area contributed by atoms with Crippen molar-refractivity contribution in [3.05, 3.63) is 49.6 Å². The van der Waals surface area contributed by atoms with E-state index in [2.05, 4.69) is 13.2 Å². The third kappa shape index (κ3) is 2.56. The first-order valence-electron chi connectivity index (χ1n) is 3.62. The fourth-order valence-corrected chi connectivity index (χ4v) is 0.822. The van der Waals surface area contributed by atoms with Crippen molar-refractivity contribution in [3.8, 4) is 0 Å². The van der Waals surface area contributed by atoms with Gasteiger partial charge in [-0.25, -0.2) is 0 Å². The van der Waals surface area contributed by atoms with Crippen LogP contribution < -0.4 is 0 Å². The van der Waals surface area contributed by atoms with Crippen LogP contribution in [0.3, 0.4) is 0 Å². The first-order chi connectivity index (χ1) is 5.38. The standard InChI is InChI=1S/C10H12O/c1-3-5-7-9-10(11-9)8-6-4-2/h3-10H,1-2H2/b7-5+,8-6+. The molecule has 1 aliphatic rings. The molecule has 0 N–H and O–H groups in total. The van der Waals surface area contributed by atoms with Crippen molar-refractivity contribution < 1.29 is 4.74 Å². The summed E-state index contributed by atoms with van der Waals surface area (Å²) in [7, 11) is 0. The van der Waals surface area contributed by atoms with Gasteiger partial charge >= 0.3 is 0 Å². The van der Waals surface area contributed by atoms with Gasteiger partial charge in [0.15, 0.2) is 0 Å². The lowest BCUT2D eigenvalue weighted by Crippen LogP contribution is -1.82. The second kappa shape index (κ2) is 3.94. The van der Waals surface area contributed by atoms with E-state index in [1.807, 2.05) is 24.3 Å². The molecule has 1 aliphatic heterocycles. The molecule has 0 aromatic rings. The zero-order chi connectivity index (χ0) is 8.10. The molecule has 1 saturated heterocycles. The molecule has 2 atom stereocenters. The van der Waals surface area contributed by atoms with Gasteiger partial charge in [-0.1, -0.05) is 49.6 Å². The van der Waals surface area contributed by atoms with Crippen LogP contribution in [0.25, 0.3) is 0 Å². The zero-order valence-corrected chi connectivity index (χ0v) is 6.44. The van der Waals surface area contributed by atoms with Gasteiger partial charge in [0.05, 0.1) is 0 Å². The van der Waals surface area contributed by atoms with Crippen LogP contribution in [0.15, 0.2) is 49.6 Å². The van der Waals surface area contributed by atoms with Gasteiger partial charge in [-0.15, -0.1) is 0 Å². The third-order valence-electron chi connectivity index (χ3n) is 1.44. The lowest BCUT2D eigenvalue weighted by molar-refractivity contribution is 0.413. The van der Waals surface area contributed by atoms with E-state index < -0.39 is 0 Å². The Kier molecular flexibility index (Phi) is 2.87. The lowest BCUT2D eigenvalue weighted by Gasteiger charge is -1.75. The molecule has 0 aromatic carbocycles. The number of rotatable bonds is 4. The predicted molar refractivity (Wildman–Crippen MR) is 47.3 cm³/mol. The predicted octanol–water partition coefficient (Wildman–Crippen LogP) is 2.24. The third-order valence-corrected chi connectivity index (χ3v) is 1.44. The Morgan fingerprint density at radius 1 is 0.909 bits per heavy atom. The monoisotopic (exact) mass is 148 g/mol. The van der Waals surface area contributed by atoms with Gasteiger partial charge in [0.1, 0.15) is 12.2 Å². The van der Waals surface area contributed by atoms with Gasteiger partial charge < -0.3 is 4.74 Å². The summed E-state index contributed by atoms with van der Waals surface area (Å²) in [5.41, 5.74) is 0. The SMILES string of the molecule is C=C/C=C/C1OC1/C=C/C=C. The van der Waals surface area contributed by atoms with E-state index in [4.69, 9.17) is 4.74 Å². The van der Waals surface area contributed by atoms with E-state index in [1.165, 1.54) is 0 Å². The molecule has 0 bridgehead atoms. The Balaban J connectivity index is 2.26. The summed E-state index contributed by atoms with van der Waals surface area (Å²) >= 11 is 0. The molecule has 2 unspecified atom stereocenters. The quantitative estimate of drug-likeness (QED) is 0.440. The Morgan fingerprint density at radius 2 is 1.36 bits per heavy atom. The summed E-state index contributed by atoms with van der Waals surface area (Å²) in [5, 5.41) is 0. The van der Waals surface area contributed by atoms with Crippen LogP contribution in [0, 0.1) is 0 Å². The molecule has 0 amide bonds. The van der Waals surface area contributed by atoms with Crippen molar-refractivity contribution in [2.45, 2.75) is 12.2 Å². The fourth-order valence-electron chi connectivity index (χ4n) is 0.822. The minimum absolute atomic E-state index is 0.254. The molecule has 1 rings (SSSR count). The van der Waals surface area contributed by atoms with Gasteiger partial charge in [0.25, 0.3) is 0 Å². The summed E-state index contributed by atoms with van der Waals surface area (Å²) < 4.78 is 5.25. The van der Waals surface area contributed by atoms with E-state index in [0.717, 1.165) is 0 Å². The molecule has 1 nitrogen and oxygen atoms in total. The summed E-state index contributed by atoms with van der Waals surface area (Å²) in [4.78, 5) is 0. The Labute approximate surface area is 67.4 Å². The second-order valence-electron chi connectivity index (χ2n) is 2.31. The molecule has 0 spiro atoms. The van der Waals surface area contributed by atoms with Crippen molar-refractivity contribution >= 4 is 0 Å². The first kappa shape index (κ1) is 8.02. The molecule has 1 fully saturated rings. The topological polar surface area (TPSA) is 12.5 Å². The smallest absolute Gasteiger partial charge is 0.107 e. The minimum atomic E-state index is 0.254. The van der Waals surface area contributed by atoms with Crippen LogP contribution in [-0.2, 0) is 4.74 Å². The van der Waals surface area contributed by atoms with Crippen molar-refractivity contribution in [2.24, 2.45) is 0 Å². The van der Waals surface area contributed by atoms with Gasteiger partial charge in [-0.2, -0.15) is 0 Å². The molecule has 58 valence electrons. The summed E-state index contributed by atoms with van der Waals surface area (Å²) in [6.45, 7) is 7.14. The molecule has 0 aromatic heterocycles. The Morgan fingerprint density at radius 3 is 1.73 bits per heavy atom. The largest absolute Gasteiger partial charge is 0.361 e. The molecular formula is C10H12O. The lowest BCUT2D eigenvalue weighted by atomic mass is 10.2. The number of allylic oxidation sites excluding steroid dienone is 4. The van der Waals surface area contributed by atoms with Crippen molar-refractivity contribution in [1.82, 2.24) is 0 Å². The van der Waals surface area contributed by atoms with Crippen LogP contribution in [0.4, 0.5) is 0 Å². The van der Waals surface area contributed by atoms with Crippen molar-refractivity contribution in [1.29, 1.82) is 0 Å². The zero-order valence-electron chi connectivity index (χ0n) is 6.44. The van der Waals surface area contributed by atoms with Crippen LogP contribution in [-0.4, -0.2) is 12.2 Å². The van der Waals surface area contributed by atoms with E-state index >= 15 is 0 Å². The van der Waals surface area contributed by atoms with E-state index in [0.29, 0.717) is 0 Å². The van der Waals surface area contributed by atoms with Crippen LogP contribution in [0.5, 0.6) is 0 Å². The molecular weight excluding hydrogens is 136 g/mol. The maximum atomic E-state index is 5.25. The van der Waals surface area contributed by atoms with E-state index in [-0.39, 0.29) is 12.2 Å². The van der Waals surface area contributed by atoms with Gasteiger partial charge in [-0.05, 0) is 0 Å². The van der Waals surface area contributed by atoms with Gasteiger partial charge in [-0.3, -0.25) is 0 Å². The molecule has 1 heteroatoms. The first-order valence-corrected chi connectivity index (χ1v) is 3.62. The van der Waals surface area contributed by atoms with Gasteiger partial charge in [0, 0.05) is 0 Å². The average molecular weight is 148 g/mol. The van der Waals surface area contributed by atoms with E-state index in [1.54, 1.807) is 12.2 Å². The average Bonchev–Trinajstić information content (AvgIpc) is 2.76. The summed E-state index contributed by atoms with van der Waals surface area (Å²) in [6.07, 6.45) is 11.8. The number of epoxide rings is 1. The molecule has 0 radical (unpaired) electrons. The molecule has 1 heterocycles. The summed E-state index contributed by atoms with van der Waals surface area (Å²) in [5.74, 6) is 0. The van der Waals surface area contributed by atoms with Crippen LogP contribution in [0.1, 0.15) is 0 Å². The van der Waals surface area contributed by atoms with Crippen molar-refractivity contribution in [2.75, 3.05) is 0 Å². The number of ether oxygens (including phenoxy) is 1. The molecule has 0 aliphatic carbocycles. The van der Waals surface area contributed by atoms with Gasteiger partial charge in [0.2, 0.25) is 0 Å². The molecule has 0 saturated carbocycles. The second-order valence-corrected chi connectivity index (χ2v) is 2.31. The minimum Gasteiger partial charge on any atom is -0.361 e.